The van der Waals surface area contributed by atoms with Gasteiger partial charge in [-0.3, -0.25) is 14.5 Å². The van der Waals surface area contributed by atoms with E-state index in [0.29, 0.717) is 25.1 Å². The lowest BCUT2D eigenvalue weighted by Crippen LogP contribution is -2.39. The second kappa shape index (κ2) is 8.49. The number of amides is 1. The van der Waals surface area contributed by atoms with Crippen molar-refractivity contribution < 1.29 is 14.7 Å². The molecule has 0 radical (unpaired) electrons. The molecule has 7 heteroatoms. The first-order valence-electron chi connectivity index (χ1n) is 10.1. The van der Waals surface area contributed by atoms with Crippen LogP contribution >= 0.6 is 0 Å². The maximum atomic E-state index is 12.6. The minimum atomic E-state index is -0.951. The summed E-state index contributed by atoms with van der Waals surface area (Å²) < 4.78 is 1.98. The smallest absolute Gasteiger partial charge is 0.336 e. The molecule has 3 heterocycles. The van der Waals surface area contributed by atoms with Gasteiger partial charge >= 0.3 is 5.97 Å². The number of likely N-dealkylation sites (tertiary alicyclic amines) is 1. The second-order valence-electron chi connectivity index (χ2n) is 7.62. The maximum absolute atomic E-state index is 12.6. The van der Waals surface area contributed by atoms with Gasteiger partial charge in [0.2, 0.25) is 0 Å². The SMILES string of the molecule is Cc1nn(C2CCN(C(=O)c3ccccc3)CC2)cc1Cc1cnccc1C(=O)O. The minimum absolute atomic E-state index is 0.0733. The van der Waals surface area contributed by atoms with Crippen LogP contribution in [0, 0.1) is 6.92 Å². The lowest BCUT2D eigenvalue weighted by atomic mass is 10.0. The van der Waals surface area contributed by atoms with E-state index < -0.39 is 5.97 Å². The molecule has 1 fully saturated rings. The summed E-state index contributed by atoms with van der Waals surface area (Å²) in [6.45, 7) is 3.33. The number of carboxylic acids is 1. The minimum Gasteiger partial charge on any atom is -0.478 e. The number of aromatic nitrogens is 3. The van der Waals surface area contributed by atoms with Crippen molar-refractivity contribution >= 4 is 11.9 Å². The first-order chi connectivity index (χ1) is 14.5. The fourth-order valence-corrected chi connectivity index (χ4v) is 3.96. The van der Waals surface area contributed by atoms with Gasteiger partial charge < -0.3 is 10.0 Å². The number of carboxylic acid groups (broad SMARTS) is 1. The summed E-state index contributed by atoms with van der Waals surface area (Å²) in [6.07, 6.45) is 7.26. The van der Waals surface area contributed by atoms with E-state index in [0.717, 1.165) is 29.7 Å². The lowest BCUT2D eigenvalue weighted by molar-refractivity contribution is 0.0683. The number of aromatic carboxylic acids is 1. The summed E-state index contributed by atoms with van der Waals surface area (Å²) in [5, 5.41) is 14.1. The Kier molecular flexibility index (Phi) is 5.61. The van der Waals surface area contributed by atoms with Crippen LogP contribution in [0.4, 0.5) is 0 Å². The van der Waals surface area contributed by atoms with Crippen molar-refractivity contribution in [2.24, 2.45) is 0 Å². The fourth-order valence-electron chi connectivity index (χ4n) is 3.96. The molecule has 0 unspecified atom stereocenters. The molecule has 0 aliphatic carbocycles. The van der Waals surface area contributed by atoms with E-state index in [4.69, 9.17) is 0 Å². The highest BCUT2D eigenvalue weighted by atomic mass is 16.4. The molecule has 154 valence electrons. The Morgan fingerprint density at radius 3 is 2.53 bits per heavy atom. The van der Waals surface area contributed by atoms with Crippen LogP contribution in [0.3, 0.4) is 0 Å². The molecule has 7 nitrogen and oxygen atoms in total. The van der Waals surface area contributed by atoms with Crippen molar-refractivity contribution in [1.82, 2.24) is 19.7 Å². The van der Waals surface area contributed by atoms with Crippen molar-refractivity contribution in [3.05, 3.63) is 82.9 Å². The molecule has 2 aromatic heterocycles. The molecule has 1 saturated heterocycles. The number of nitrogens with zero attached hydrogens (tertiary/aromatic N) is 4. The topological polar surface area (TPSA) is 88.3 Å². The Morgan fingerprint density at radius 1 is 1.10 bits per heavy atom. The number of piperidine rings is 1. The molecule has 0 saturated carbocycles. The van der Waals surface area contributed by atoms with E-state index >= 15 is 0 Å². The van der Waals surface area contributed by atoms with Crippen molar-refractivity contribution in [3.8, 4) is 0 Å². The number of hydrogen-bond acceptors (Lipinski definition) is 4. The summed E-state index contributed by atoms with van der Waals surface area (Å²) in [7, 11) is 0. The Labute approximate surface area is 175 Å². The molecule has 0 atom stereocenters. The number of hydrogen-bond donors (Lipinski definition) is 1. The molecule has 1 aliphatic rings. The predicted octanol–water partition coefficient (Wildman–Crippen LogP) is 3.35. The number of aryl methyl sites for hydroxylation is 1. The zero-order valence-corrected chi connectivity index (χ0v) is 16.9. The van der Waals surface area contributed by atoms with E-state index in [1.54, 1.807) is 6.20 Å². The molecule has 1 N–H and O–H groups in total. The standard InChI is InChI=1S/C23H24N4O3/c1-16-19(13-18-14-24-10-7-21(18)23(29)30)15-27(25-16)20-8-11-26(12-9-20)22(28)17-5-3-2-4-6-17/h2-7,10,14-15,20H,8-9,11-13H2,1H3,(H,29,30). The number of pyridine rings is 1. The molecule has 3 aromatic rings. The lowest BCUT2D eigenvalue weighted by Gasteiger charge is -2.32. The van der Waals surface area contributed by atoms with Crippen LogP contribution in [-0.4, -0.2) is 49.7 Å². The van der Waals surface area contributed by atoms with Gasteiger partial charge in [0, 0.05) is 43.7 Å². The molecular formula is C23H24N4O3. The van der Waals surface area contributed by atoms with E-state index in [1.807, 2.05) is 53.0 Å². The van der Waals surface area contributed by atoms with Crippen LogP contribution in [0.5, 0.6) is 0 Å². The van der Waals surface area contributed by atoms with Crippen LogP contribution < -0.4 is 0 Å². The van der Waals surface area contributed by atoms with Gasteiger partial charge in [-0.25, -0.2) is 4.79 Å². The highest BCUT2D eigenvalue weighted by Crippen LogP contribution is 2.25. The Hall–Kier alpha value is -3.48. The fraction of sp³-hybridized carbons (Fsp3) is 0.304. The third kappa shape index (κ3) is 4.10. The number of carbonyl (C=O) groups is 2. The van der Waals surface area contributed by atoms with Gasteiger partial charge in [-0.2, -0.15) is 5.10 Å². The van der Waals surface area contributed by atoms with Crippen molar-refractivity contribution in [2.75, 3.05) is 13.1 Å². The van der Waals surface area contributed by atoms with Crippen LogP contribution in [0.2, 0.25) is 0 Å². The average Bonchev–Trinajstić information content (AvgIpc) is 3.14. The zero-order chi connectivity index (χ0) is 21.1. The van der Waals surface area contributed by atoms with Gasteiger partial charge in [-0.05, 0) is 49.1 Å². The van der Waals surface area contributed by atoms with Gasteiger partial charge in [-0.15, -0.1) is 0 Å². The zero-order valence-electron chi connectivity index (χ0n) is 16.9. The highest BCUT2D eigenvalue weighted by Gasteiger charge is 2.25. The molecule has 30 heavy (non-hydrogen) atoms. The summed E-state index contributed by atoms with van der Waals surface area (Å²) in [5.41, 5.74) is 3.55. The van der Waals surface area contributed by atoms with Crippen LogP contribution in [0.1, 0.15) is 56.4 Å². The van der Waals surface area contributed by atoms with E-state index in [9.17, 15) is 14.7 Å². The first kappa shape index (κ1) is 19.8. The largest absolute Gasteiger partial charge is 0.478 e. The molecule has 0 spiro atoms. The monoisotopic (exact) mass is 404 g/mol. The van der Waals surface area contributed by atoms with Crippen molar-refractivity contribution in [3.63, 3.8) is 0 Å². The summed E-state index contributed by atoms with van der Waals surface area (Å²) in [4.78, 5) is 30.1. The quantitative estimate of drug-likeness (QED) is 0.704. The Morgan fingerprint density at radius 2 is 1.83 bits per heavy atom. The van der Waals surface area contributed by atoms with Crippen LogP contribution in [0.15, 0.2) is 55.0 Å². The average molecular weight is 404 g/mol. The van der Waals surface area contributed by atoms with Gasteiger partial charge in [0.15, 0.2) is 0 Å². The summed E-state index contributed by atoms with van der Waals surface area (Å²) in [5.74, 6) is -0.878. The van der Waals surface area contributed by atoms with Crippen molar-refractivity contribution in [1.29, 1.82) is 0 Å². The van der Waals surface area contributed by atoms with Crippen molar-refractivity contribution in [2.45, 2.75) is 32.2 Å². The second-order valence-corrected chi connectivity index (χ2v) is 7.62. The third-order valence-corrected chi connectivity index (χ3v) is 5.68. The van der Waals surface area contributed by atoms with Gasteiger partial charge in [0.05, 0.1) is 17.3 Å². The van der Waals surface area contributed by atoms with Gasteiger partial charge in [-0.1, -0.05) is 18.2 Å². The molecule has 0 bridgehead atoms. The normalized spacial score (nSPS) is 14.6. The van der Waals surface area contributed by atoms with Crippen LogP contribution in [-0.2, 0) is 6.42 Å². The first-order valence-corrected chi connectivity index (χ1v) is 10.1. The third-order valence-electron chi connectivity index (χ3n) is 5.68. The van der Waals surface area contributed by atoms with E-state index in [1.165, 1.54) is 12.3 Å². The summed E-state index contributed by atoms with van der Waals surface area (Å²) in [6, 6.07) is 11.1. The number of carbonyl (C=O) groups excluding carboxylic acids is 1. The molecule has 4 rings (SSSR count). The van der Waals surface area contributed by atoms with Gasteiger partial charge in [0.1, 0.15) is 0 Å². The Balaban J connectivity index is 1.43. The molecule has 1 aromatic carbocycles. The molecule has 1 aliphatic heterocycles. The number of benzene rings is 1. The molecule has 1 amide bonds. The van der Waals surface area contributed by atoms with E-state index in [-0.39, 0.29) is 17.5 Å². The molecular weight excluding hydrogens is 380 g/mol. The van der Waals surface area contributed by atoms with E-state index in [2.05, 4.69) is 10.1 Å². The predicted molar refractivity (Wildman–Crippen MR) is 112 cm³/mol. The Bertz CT molecular complexity index is 1050. The van der Waals surface area contributed by atoms with Crippen LogP contribution in [0.25, 0.3) is 0 Å². The summed E-state index contributed by atoms with van der Waals surface area (Å²) >= 11 is 0. The highest BCUT2D eigenvalue weighted by molar-refractivity contribution is 5.94. The van der Waals surface area contributed by atoms with Gasteiger partial charge in [0.25, 0.3) is 5.91 Å². The maximum Gasteiger partial charge on any atom is 0.336 e. The number of rotatable bonds is 5.